The van der Waals surface area contributed by atoms with Gasteiger partial charge in [0.2, 0.25) is 11.3 Å². The van der Waals surface area contributed by atoms with E-state index in [2.05, 4.69) is 15.9 Å². The Labute approximate surface area is 195 Å². The number of nitrogens with zero attached hydrogens (tertiary/aromatic N) is 1. The molecule has 2 aromatic carbocycles. The van der Waals surface area contributed by atoms with E-state index in [1.807, 2.05) is 0 Å². The highest BCUT2D eigenvalue weighted by Crippen LogP contribution is 2.43. The highest BCUT2D eigenvalue weighted by atomic mass is 79.9. The Morgan fingerprint density at radius 1 is 1.06 bits per heavy atom. The number of rotatable bonds is 4. The first-order valence-electron chi connectivity index (χ1n) is 9.83. The molecule has 8 heteroatoms. The van der Waals surface area contributed by atoms with Crippen LogP contribution in [0.4, 0.5) is 10.5 Å². The van der Waals surface area contributed by atoms with E-state index in [0.29, 0.717) is 15.8 Å². The third-order valence-corrected chi connectivity index (χ3v) is 5.34. The first-order chi connectivity index (χ1) is 15.0. The van der Waals surface area contributed by atoms with E-state index in [1.165, 1.54) is 13.2 Å². The molecule has 0 radical (unpaired) electrons. The number of fused-ring (bicyclic) bond motifs is 1. The molecule has 0 saturated carbocycles. The summed E-state index contributed by atoms with van der Waals surface area (Å²) in [6.45, 7) is 5.12. The molecule has 0 aliphatic carbocycles. The van der Waals surface area contributed by atoms with E-state index in [9.17, 15) is 14.4 Å². The Balaban J connectivity index is 2.20. The van der Waals surface area contributed by atoms with Crippen LogP contribution in [0, 0.1) is 0 Å². The summed E-state index contributed by atoms with van der Waals surface area (Å²) in [4.78, 5) is 41.1. The Kier molecular flexibility index (Phi) is 6.46. The Morgan fingerprint density at radius 2 is 1.72 bits per heavy atom. The second-order valence-corrected chi connectivity index (χ2v) is 9.09. The zero-order valence-electron chi connectivity index (χ0n) is 18.5. The normalized spacial score (nSPS) is 17.9. The van der Waals surface area contributed by atoms with Crippen LogP contribution in [0.25, 0.3) is 6.08 Å². The second-order valence-electron chi connectivity index (χ2n) is 8.17. The standard InChI is InChI=1S/C24H24BrNO6/c1-23(2,3)32-22(29)26-19-14-16(25)8-11-18(19)20(27)24(26,21(28)31-5)13-12-15-6-9-17(30-4)10-7-15/h6-14H,1-5H3/b13-12+. The predicted octanol–water partition coefficient (Wildman–Crippen LogP) is 5.02. The fraction of sp³-hybridized carbons (Fsp3) is 0.292. The number of benzene rings is 2. The lowest BCUT2D eigenvalue weighted by Crippen LogP contribution is -2.59. The highest BCUT2D eigenvalue weighted by Gasteiger charge is 2.60. The van der Waals surface area contributed by atoms with Crippen molar-refractivity contribution < 1.29 is 28.6 Å². The molecular formula is C24H24BrNO6. The second kappa shape index (κ2) is 8.78. The molecule has 7 nitrogen and oxygen atoms in total. The monoisotopic (exact) mass is 501 g/mol. The number of carbonyl (C=O) groups excluding carboxylic acids is 3. The average Bonchev–Trinajstić information content (AvgIpc) is 2.99. The number of methoxy groups -OCH3 is 2. The molecule has 0 aromatic heterocycles. The van der Waals surface area contributed by atoms with Gasteiger partial charge in [-0.25, -0.2) is 14.5 Å². The van der Waals surface area contributed by atoms with Gasteiger partial charge in [0.15, 0.2) is 0 Å². The van der Waals surface area contributed by atoms with E-state index in [4.69, 9.17) is 14.2 Å². The smallest absolute Gasteiger partial charge is 0.416 e. The van der Waals surface area contributed by atoms with Crippen LogP contribution < -0.4 is 9.64 Å². The van der Waals surface area contributed by atoms with E-state index < -0.39 is 29.0 Å². The molecule has 0 spiro atoms. The van der Waals surface area contributed by atoms with Gasteiger partial charge in [-0.15, -0.1) is 0 Å². The van der Waals surface area contributed by atoms with Crippen molar-refractivity contribution in [2.24, 2.45) is 0 Å². The summed E-state index contributed by atoms with van der Waals surface area (Å²) in [5.41, 5.74) is -1.74. The lowest BCUT2D eigenvalue weighted by molar-refractivity contribution is -0.143. The van der Waals surface area contributed by atoms with Gasteiger partial charge in [-0.1, -0.05) is 34.1 Å². The number of ether oxygens (including phenoxy) is 3. The maximum Gasteiger partial charge on any atom is 0.416 e. The summed E-state index contributed by atoms with van der Waals surface area (Å²) >= 11 is 3.37. The SMILES string of the molecule is COC(=O)C1(/C=C/c2ccc(OC)cc2)C(=O)c2ccc(Br)cc2N1C(=O)OC(C)(C)C. The van der Waals surface area contributed by atoms with E-state index in [1.54, 1.807) is 76.4 Å². The fourth-order valence-electron chi connectivity index (χ4n) is 3.42. The molecule has 1 unspecified atom stereocenters. The fourth-order valence-corrected chi connectivity index (χ4v) is 3.77. The maximum absolute atomic E-state index is 13.6. The number of amides is 1. The Bertz CT molecular complexity index is 1090. The van der Waals surface area contributed by atoms with Gasteiger partial charge in [0.05, 0.1) is 19.9 Å². The molecule has 1 aliphatic heterocycles. The number of hydrogen-bond acceptors (Lipinski definition) is 6. The van der Waals surface area contributed by atoms with Crippen LogP contribution in [0.15, 0.2) is 53.0 Å². The summed E-state index contributed by atoms with van der Waals surface area (Å²) in [7, 11) is 2.73. The van der Waals surface area contributed by atoms with Crippen LogP contribution in [-0.4, -0.2) is 43.2 Å². The van der Waals surface area contributed by atoms with Crippen molar-refractivity contribution in [2.45, 2.75) is 31.9 Å². The van der Waals surface area contributed by atoms with E-state index in [0.717, 1.165) is 4.90 Å². The largest absolute Gasteiger partial charge is 0.497 e. The van der Waals surface area contributed by atoms with Gasteiger partial charge >= 0.3 is 12.1 Å². The lowest BCUT2D eigenvalue weighted by atomic mass is 9.91. The molecule has 1 atom stereocenters. The van der Waals surface area contributed by atoms with Crippen molar-refractivity contribution in [3.05, 3.63) is 64.1 Å². The molecular weight excluding hydrogens is 478 g/mol. The summed E-state index contributed by atoms with van der Waals surface area (Å²) in [6, 6.07) is 11.9. The van der Waals surface area contributed by atoms with Crippen LogP contribution in [0.2, 0.25) is 0 Å². The maximum atomic E-state index is 13.6. The van der Waals surface area contributed by atoms with Gasteiger partial charge in [0.25, 0.3) is 0 Å². The van der Waals surface area contributed by atoms with Gasteiger partial charge in [0.1, 0.15) is 11.4 Å². The van der Waals surface area contributed by atoms with Crippen LogP contribution in [-0.2, 0) is 14.3 Å². The minimum absolute atomic E-state index is 0.212. The van der Waals surface area contributed by atoms with Crippen molar-refractivity contribution in [3.8, 4) is 5.75 Å². The quantitative estimate of drug-likeness (QED) is 0.432. The number of Topliss-reactive ketones (excluding diaryl/α,β-unsaturated/α-hetero) is 1. The highest BCUT2D eigenvalue weighted by molar-refractivity contribution is 9.10. The van der Waals surface area contributed by atoms with Crippen LogP contribution in [0.3, 0.4) is 0 Å². The molecule has 32 heavy (non-hydrogen) atoms. The number of ketones is 1. The molecule has 0 N–H and O–H groups in total. The van der Waals surface area contributed by atoms with Crippen molar-refractivity contribution in [3.63, 3.8) is 0 Å². The minimum Gasteiger partial charge on any atom is -0.497 e. The Hall–Kier alpha value is -3.13. The third-order valence-electron chi connectivity index (χ3n) is 4.85. The first kappa shape index (κ1) is 23.5. The summed E-state index contributed by atoms with van der Waals surface area (Å²) < 4.78 is 16.4. The van der Waals surface area contributed by atoms with E-state index >= 15 is 0 Å². The van der Waals surface area contributed by atoms with Crippen molar-refractivity contribution in [2.75, 3.05) is 19.1 Å². The number of halogens is 1. The van der Waals surface area contributed by atoms with Gasteiger partial charge in [0, 0.05) is 10.0 Å². The predicted molar refractivity (Wildman–Crippen MR) is 124 cm³/mol. The average molecular weight is 502 g/mol. The number of anilines is 1. The zero-order valence-corrected chi connectivity index (χ0v) is 20.1. The first-order valence-corrected chi connectivity index (χ1v) is 10.6. The molecule has 3 rings (SSSR count). The van der Waals surface area contributed by atoms with Crippen molar-refractivity contribution in [1.29, 1.82) is 0 Å². The van der Waals surface area contributed by atoms with Gasteiger partial charge in [-0.2, -0.15) is 0 Å². The topological polar surface area (TPSA) is 82.1 Å². The molecule has 2 aromatic rings. The summed E-state index contributed by atoms with van der Waals surface area (Å²) in [6.07, 6.45) is 2.13. The molecule has 1 aliphatic rings. The van der Waals surface area contributed by atoms with Crippen LogP contribution in [0.1, 0.15) is 36.7 Å². The van der Waals surface area contributed by atoms with E-state index in [-0.39, 0.29) is 11.3 Å². The Morgan fingerprint density at radius 3 is 2.28 bits per heavy atom. The lowest BCUT2D eigenvalue weighted by Gasteiger charge is -2.33. The molecule has 1 heterocycles. The molecule has 0 fully saturated rings. The zero-order chi connectivity index (χ0) is 23.7. The third kappa shape index (κ3) is 4.27. The molecule has 1 amide bonds. The number of esters is 1. The molecule has 0 saturated heterocycles. The summed E-state index contributed by atoms with van der Waals surface area (Å²) in [5.74, 6) is -0.817. The van der Waals surface area contributed by atoms with Gasteiger partial charge in [-0.3, -0.25) is 4.79 Å². The summed E-state index contributed by atoms with van der Waals surface area (Å²) in [5, 5.41) is 0. The minimum atomic E-state index is -2.06. The van der Waals surface area contributed by atoms with Gasteiger partial charge in [-0.05, 0) is 62.7 Å². The van der Waals surface area contributed by atoms with Crippen LogP contribution >= 0.6 is 15.9 Å². The number of hydrogen-bond donors (Lipinski definition) is 0. The van der Waals surface area contributed by atoms with Gasteiger partial charge < -0.3 is 14.2 Å². The molecule has 0 bridgehead atoms. The molecule has 168 valence electrons. The van der Waals surface area contributed by atoms with Crippen molar-refractivity contribution in [1.82, 2.24) is 0 Å². The number of carbonyl (C=O) groups is 3. The van der Waals surface area contributed by atoms with Crippen molar-refractivity contribution >= 4 is 45.5 Å². The van der Waals surface area contributed by atoms with Crippen LogP contribution in [0.5, 0.6) is 5.75 Å².